The van der Waals surface area contributed by atoms with Crippen molar-refractivity contribution >= 4 is 109 Å². The lowest BCUT2D eigenvalue weighted by atomic mass is 10.4. The van der Waals surface area contributed by atoms with Gasteiger partial charge in [-0.25, -0.2) is 0 Å². The van der Waals surface area contributed by atoms with Crippen molar-refractivity contribution in [2.45, 2.75) is 200 Å². The maximum absolute atomic E-state index is 9.63. The maximum atomic E-state index is 9.63. The lowest BCUT2D eigenvalue weighted by molar-refractivity contribution is 0.763. The van der Waals surface area contributed by atoms with Crippen LogP contribution in [0.3, 0.4) is 0 Å². The molecular weight excluding hydrogens is 764 g/mol. The van der Waals surface area contributed by atoms with Crippen LogP contribution in [0.1, 0.15) is 25.7 Å². The minimum absolute atomic E-state index is 0.466. The molecule has 0 atom stereocenters. The Labute approximate surface area is 306 Å². The zero-order valence-corrected chi connectivity index (χ0v) is 48.2. The number of halogens is 2. The fraction of sp³-hybridized carbons (Fsp3) is 1.00. The Balaban J connectivity index is 3.52. The van der Waals surface area contributed by atoms with Crippen molar-refractivity contribution in [3.05, 3.63) is 0 Å². The standard InChI is InChI=1S/C32H82Cl2Si11/c1-36(2,3)29(37(4,5)6)25-26-30(38(7,8)9,39(10,11)12)44(29,33)35-45(34)31(40(13,14)15,41(16,17)18)27-28-32(45,42(19,20)21)43(22,23)24/h25-28,35H2,1-24H3. The predicted octanol–water partition coefficient (Wildman–Crippen LogP) is 13.1. The van der Waals surface area contributed by atoms with Gasteiger partial charge in [0.2, 0.25) is 0 Å². The molecule has 0 saturated carbocycles. The van der Waals surface area contributed by atoms with Gasteiger partial charge >= 0.3 is 0 Å². The molecule has 0 aromatic rings. The molecule has 45 heavy (non-hydrogen) atoms. The molecule has 2 rings (SSSR count). The van der Waals surface area contributed by atoms with E-state index < -0.39 is 86.9 Å². The van der Waals surface area contributed by atoms with Crippen LogP contribution in [0.5, 0.6) is 0 Å². The minimum Gasteiger partial charge on any atom is -0.172 e. The molecule has 2 heterocycles. The average Bonchev–Trinajstić information content (AvgIpc) is 3.13. The van der Waals surface area contributed by atoms with E-state index in [0.29, 0.717) is 17.1 Å². The Hall–Kier alpha value is 2.97. The highest BCUT2D eigenvalue weighted by Crippen LogP contribution is 2.82. The van der Waals surface area contributed by atoms with Gasteiger partial charge in [0.1, 0.15) is 13.8 Å². The van der Waals surface area contributed by atoms with E-state index in [9.17, 15) is 22.2 Å². The summed E-state index contributed by atoms with van der Waals surface area (Å²) in [6.07, 6.45) is 5.88. The van der Waals surface area contributed by atoms with Crippen LogP contribution in [-0.2, 0) is 0 Å². The van der Waals surface area contributed by atoms with Gasteiger partial charge in [0, 0.05) is 73.1 Å². The predicted molar refractivity (Wildman–Crippen MR) is 248 cm³/mol. The van der Waals surface area contributed by atoms with Crippen LogP contribution in [0.15, 0.2) is 0 Å². The van der Waals surface area contributed by atoms with E-state index in [1.807, 2.05) is 0 Å². The number of rotatable bonds is 10. The molecule has 0 unspecified atom stereocenters. The summed E-state index contributed by atoms with van der Waals surface area (Å²) >= 11 is 19.3. The topological polar surface area (TPSA) is 0 Å². The summed E-state index contributed by atoms with van der Waals surface area (Å²) in [7, 11) is -14.3. The molecule has 0 aliphatic carbocycles. The molecule has 0 amide bonds. The molecule has 2 aliphatic heterocycles. The van der Waals surface area contributed by atoms with E-state index in [0.717, 1.165) is 0 Å². The van der Waals surface area contributed by atoms with Crippen molar-refractivity contribution in [3.63, 3.8) is 0 Å². The molecule has 2 saturated heterocycles. The molecule has 0 bridgehead atoms. The lowest BCUT2D eigenvalue weighted by Crippen LogP contribution is -2.84. The van der Waals surface area contributed by atoms with Crippen molar-refractivity contribution in [1.29, 1.82) is 0 Å². The summed E-state index contributed by atoms with van der Waals surface area (Å²) in [6, 6.07) is 0. The Morgan fingerprint density at radius 3 is 0.511 bits per heavy atom. The van der Waals surface area contributed by atoms with Crippen LogP contribution in [0.2, 0.25) is 174 Å². The first-order chi connectivity index (χ1) is 19.1. The largest absolute Gasteiger partial charge is 0.172 e. The molecule has 0 aromatic carbocycles. The van der Waals surface area contributed by atoms with E-state index in [1.165, 1.54) is 25.7 Å². The fourth-order valence-electron chi connectivity index (χ4n) is 15.5. The van der Waals surface area contributed by atoms with Crippen molar-refractivity contribution in [2.75, 3.05) is 0 Å². The van der Waals surface area contributed by atoms with Gasteiger partial charge in [0.15, 0.2) is 0 Å². The quantitative estimate of drug-likeness (QED) is 0.152. The summed E-state index contributed by atoms with van der Waals surface area (Å²) in [4.78, 5) is 0. The molecule has 2 fully saturated rings. The third-order valence-electron chi connectivity index (χ3n) is 15.2. The Kier molecular flexibility index (Phi) is 11.5. The molecule has 0 N–H and O–H groups in total. The van der Waals surface area contributed by atoms with Gasteiger partial charge in [0.25, 0.3) is 0 Å². The van der Waals surface area contributed by atoms with Crippen LogP contribution in [0.4, 0.5) is 0 Å². The van der Waals surface area contributed by atoms with Crippen LogP contribution in [0.25, 0.3) is 0 Å². The van der Waals surface area contributed by atoms with Crippen molar-refractivity contribution < 1.29 is 0 Å². The smallest absolute Gasteiger partial charge is 0.140 e. The van der Waals surface area contributed by atoms with Crippen molar-refractivity contribution in [3.8, 4) is 0 Å². The minimum atomic E-state index is -2.44. The van der Waals surface area contributed by atoms with Gasteiger partial charge in [-0.05, 0) is 17.1 Å². The zero-order valence-electron chi connectivity index (χ0n) is 35.3. The van der Waals surface area contributed by atoms with Crippen LogP contribution in [0, 0.1) is 0 Å². The van der Waals surface area contributed by atoms with E-state index in [4.69, 9.17) is 0 Å². The van der Waals surface area contributed by atoms with Gasteiger partial charge in [-0.2, -0.15) is 22.2 Å². The van der Waals surface area contributed by atoms with E-state index in [-0.39, 0.29) is 0 Å². The van der Waals surface area contributed by atoms with Gasteiger partial charge in [-0.15, -0.1) is 0 Å². The van der Waals surface area contributed by atoms with Crippen LogP contribution in [-0.4, -0.2) is 86.9 Å². The second kappa shape index (κ2) is 11.7. The van der Waals surface area contributed by atoms with E-state index >= 15 is 0 Å². The molecular formula is C32H82Cl2Si11. The fourth-order valence-corrected chi connectivity index (χ4v) is 226. The summed E-state index contributed by atoms with van der Waals surface area (Å²) in [5, 5.41) is 0. The number of hydrogen-bond donors (Lipinski definition) is 0. The van der Waals surface area contributed by atoms with Gasteiger partial charge in [0.05, 0.1) is 0 Å². The van der Waals surface area contributed by atoms with Crippen molar-refractivity contribution in [2.24, 2.45) is 0 Å². The highest BCUT2D eigenvalue weighted by atomic mass is 35.6. The van der Waals surface area contributed by atoms with E-state index in [2.05, 4.69) is 157 Å². The normalized spacial score (nSPS) is 25.5. The lowest BCUT2D eigenvalue weighted by Gasteiger charge is -2.70. The third-order valence-corrected chi connectivity index (χ3v) is 134. The second-order valence-electron chi connectivity index (χ2n) is 24.4. The first-order valence-corrected chi connectivity index (χ1v) is 57.2. The molecule has 0 radical (unpaired) electrons. The highest BCUT2D eigenvalue weighted by Gasteiger charge is 2.87. The first-order valence-electron chi connectivity index (χ1n) is 18.5. The first kappa shape index (κ1) is 44.1. The Bertz CT molecular complexity index is 888. The summed E-state index contributed by atoms with van der Waals surface area (Å²) in [5.74, 6) is 0. The second-order valence-corrected chi connectivity index (χ2v) is 97.4. The monoisotopic (exact) mass is 844 g/mol. The zero-order chi connectivity index (χ0) is 36.5. The molecule has 13 heteroatoms. The van der Waals surface area contributed by atoms with Crippen LogP contribution < -0.4 is 0 Å². The van der Waals surface area contributed by atoms with Crippen molar-refractivity contribution in [1.82, 2.24) is 0 Å². The molecule has 0 spiro atoms. The Morgan fingerprint density at radius 1 is 0.311 bits per heavy atom. The van der Waals surface area contributed by atoms with Gasteiger partial charge < -0.3 is 0 Å². The van der Waals surface area contributed by atoms with Gasteiger partial charge in [-0.1, -0.05) is 183 Å². The Morgan fingerprint density at radius 2 is 0.422 bits per heavy atom. The highest BCUT2D eigenvalue weighted by molar-refractivity contribution is 7.82. The molecule has 268 valence electrons. The summed E-state index contributed by atoms with van der Waals surface area (Å²) in [6.45, 7) is 62.5. The van der Waals surface area contributed by atoms with Gasteiger partial charge in [-0.3, -0.25) is 0 Å². The maximum Gasteiger partial charge on any atom is 0.140 e. The number of hydrogen-bond acceptors (Lipinski definition) is 0. The van der Waals surface area contributed by atoms with Crippen LogP contribution >= 0.6 is 22.2 Å². The average molecular weight is 847 g/mol. The molecule has 0 aromatic heterocycles. The third kappa shape index (κ3) is 5.54. The summed E-state index contributed by atoms with van der Waals surface area (Å²) < 4.78 is 1.87. The summed E-state index contributed by atoms with van der Waals surface area (Å²) in [5.41, 5.74) is 0. The molecule has 2 aliphatic rings. The molecule has 0 nitrogen and oxygen atoms in total. The van der Waals surface area contributed by atoms with E-state index in [1.54, 1.807) is 0 Å². The SMILES string of the molecule is C[Si](C)(C)C1([Si](C)(C)C)CCC([Si](C)(C)C)([Si](C)(C)C)[Si]1(Cl)[SiH2][Si]1(Cl)C([Si](C)(C)C)([Si](C)(C)C)CCC1([Si](C)(C)C)[Si](C)(C)C.